The second kappa shape index (κ2) is 6.52. The summed E-state index contributed by atoms with van der Waals surface area (Å²) in [4.78, 5) is 18.9. The highest BCUT2D eigenvalue weighted by Crippen LogP contribution is 2.25. The van der Waals surface area contributed by atoms with Crippen LogP contribution >= 0.6 is 0 Å². The molecular weight excluding hydrogens is 290 g/mol. The molecule has 1 amide bonds. The van der Waals surface area contributed by atoms with Crippen LogP contribution in [-0.2, 0) is 0 Å². The number of ether oxygens (including phenoxy) is 1. The maximum atomic E-state index is 12.9. The van der Waals surface area contributed by atoms with E-state index < -0.39 is 0 Å². The summed E-state index contributed by atoms with van der Waals surface area (Å²) in [5.41, 5.74) is 8.81. The van der Waals surface area contributed by atoms with Gasteiger partial charge in [-0.1, -0.05) is 0 Å². The molecule has 5 nitrogen and oxygen atoms in total. The third-order valence-corrected chi connectivity index (χ3v) is 3.68. The lowest BCUT2D eigenvalue weighted by Gasteiger charge is -2.22. The number of rotatable bonds is 3. The fourth-order valence-electron chi connectivity index (χ4n) is 2.59. The number of hydrogen-bond acceptors (Lipinski definition) is 4. The fraction of sp³-hybridized carbons (Fsp3) is 0.222. The summed E-state index contributed by atoms with van der Waals surface area (Å²) in [5.74, 6) is 0.709. The zero-order chi connectivity index (χ0) is 16.2. The number of anilines is 2. The molecule has 2 aromatic carbocycles. The summed E-state index contributed by atoms with van der Waals surface area (Å²) < 4.78 is 5.42. The molecule has 0 aliphatic carbocycles. The third kappa shape index (κ3) is 3.18. The Hall–Kier alpha value is -2.82. The van der Waals surface area contributed by atoms with Gasteiger partial charge in [0.2, 0.25) is 0 Å². The first-order valence-electron chi connectivity index (χ1n) is 7.63. The molecule has 23 heavy (non-hydrogen) atoms. The van der Waals surface area contributed by atoms with Gasteiger partial charge in [0.25, 0.3) is 5.91 Å². The molecule has 0 radical (unpaired) electrons. The summed E-state index contributed by atoms with van der Waals surface area (Å²) in [6.45, 7) is 3.64. The van der Waals surface area contributed by atoms with Crippen molar-refractivity contribution in [2.45, 2.75) is 6.92 Å². The van der Waals surface area contributed by atoms with Crippen molar-refractivity contribution in [2.75, 3.05) is 30.3 Å². The molecule has 0 saturated heterocycles. The Kier molecular flexibility index (Phi) is 4.28. The zero-order valence-corrected chi connectivity index (χ0v) is 13.0. The molecule has 5 heteroatoms. The van der Waals surface area contributed by atoms with Gasteiger partial charge in [0.15, 0.2) is 0 Å². The van der Waals surface area contributed by atoms with E-state index in [1.54, 1.807) is 29.3 Å². The van der Waals surface area contributed by atoms with Crippen molar-refractivity contribution in [1.29, 1.82) is 0 Å². The average Bonchev–Trinajstić information content (AvgIpc) is 2.77. The lowest BCUT2D eigenvalue weighted by molar-refractivity contribution is 0.0987. The Morgan fingerprint density at radius 1 is 1.26 bits per heavy atom. The molecule has 1 aliphatic rings. The van der Waals surface area contributed by atoms with E-state index in [-0.39, 0.29) is 5.91 Å². The Bertz CT molecular complexity index is 738. The van der Waals surface area contributed by atoms with Gasteiger partial charge in [-0.2, -0.15) is 0 Å². The van der Waals surface area contributed by atoms with Crippen molar-refractivity contribution in [3.63, 3.8) is 0 Å². The van der Waals surface area contributed by atoms with Gasteiger partial charge in [0.1, 0.15) is 5.75 Å². The maximum Gasteiger partial charge on any atom is 0.258 e. The van der Waals surface area contributed by atoms with Gasteiger partial charge in [0, 0.05) is 29.6 Å². The first-order valence-corrected chi connectivity index (χ1v) is 7.63. The standard InChI is InChI=1S/C18H19N3O2/c1-2-23-16-6-3-13(4-7-16)18(22)21-10-9-20-12-14-11-15(19)5-8-17(14)21/h3-8,11-12H,2,9-10,19H2,1H3. The van der Waals surface area contributed by atoms with Crippen LogP contribution in [0.25, 0.3) is 0 Å². The van der Waals surface area contributed by atoms with Gasteiger partial charge in [-0.3, -0.25) is 9.79 Å². The summed E-state index contributed by atoms with van der Waals surface area (Å²) in [6.07, 6.45) is 1.77. The second-order valence-corrected chi connectivity index (χ2v) is 5.27. The number of carbonyl (C=O) groups excluding carboxylic acids is 1. The lowest BCUT2D eigenvalue weighted by atomic mass is 10.1. The number of carbonyl (C=O) groups is 1. The highest BCUT2D eigenvalue weighted by molar-refractivity contribution is 6.09. The predicted octanol–water partition coefficient (Wildman–Crippen LogP) is 2.75. The number of amides is 1. The normalized spacial score (nSPS) is 13.3. The minimum atomic E-state index is -0.0513. The van der Waals surface area contributed by atoms with E-state index in [4.69, 9.17) is 10.5 Å². The first kappa shape index (κ1) is 15.1. The lowest BCUT2D eigenvalue weighted by Crippen LogP contribution is -2.33. The molecule has 0 fully saturated rings. The van der Waals surface area contributed by atoms with E-state index >= 15 is 0 Å². The quantitative estimate of drug-likeness (QED) is 0.886. The molecule has 3 rings (SSSR count). The summed E-state index contributed by atoms with van der Waals surface area (Å²) in [7, 11) is 0. The van der Waals surface area contributed by atoms with E-state index in [1.807, 2.05) is 31.2 Å². The van der Waals surface area contributed by atoms with Gasteiger partial charge >= 0.3 is 0 Å². The van der Waals surface area contributed by atoms with Gasteiger partial charge in [-0.05, 0) is 49.4 Å². The van der Waals surface area contributed by atoms with Gasteiger partial charge < -0.3 is 15.4 Å². The summed E-state index contributed by atoms with van der Waals surface area (Å²) >= 11 is 0. The minimum Gasteiger partial charge on any atom is -0.494 e. The van der Waals surface area contributed by atoms with Crippen molar-refractivity contribution in [3.05, 3.63) is 53.6 Å². The van der Waals surface area contributed by atoms with Crippen molar-refractivity contribution in [2.24, 2.45) is 4.99 Å². The largest absolute Gasteiger partial charge is 0.494 e. The van der Waals surface area contributed by atoms with Gasteiger partial charge in [0.05, 0.1) is 18.8 Å². The smallest absolute Gasteiger partial charge is 0.258 e. The number of benzene rings is 2. The Morgan fingerprint density at radius 2 is 2.04 bits per heavy atom. The molecule has 0 unspecified atom stereocenters. The number of nitrogen functional groups attached to an aromatic ring is 1. The van der Waals surface area contributed by atoms with E-state index in [0.717, 1.165) is 17.0 Å². The molecular formula is C18H19N3O2. The maximum absolute atomic E-state index is 12.9. The van der Waals surface area contributed by atoms with E-state index in [1.165, 1.54) is 0 Å². The van der Waals surface area contributed by atoms with Crippen LogP contribution < -0.4 is 15.4 Å². The molecule has 2 aromatic rings. The molecule has 0 aromatic heterocycles. The van der Waals surface area contributed by atoms with E-state index in [9.17, 15) is 4.79 Å². The Morgan fingerprint density at radius 3 is 2.78 bits per heavy atom. The van der Waals surface area contributed by atoms with Crippen LogP contribution in [-0.4, -0.2) is 31.8 Å². The van der Waals surface area contributed by atoms with Crippen molar-refractivity contribution in [1.82, 2.24) is 0 Å². The SMILES string of the molecule is CCOc1ccc(C(=O)N2CCN=Cc3cc(N)ccc32)cc1. The van der Waals surface area contributed by atoms with Crippen LogP contribution in [0.1, 0.15) is 22.8 Å². The molecule has 0 spiro atoms. The Balaban J connectivity index is 1.91. The first-order chi connectivity index (χ1) is 11.2. The molecule has 0 atom stereocenters. The van der Waals surface area contributed by atoms with Gasteiger partial charge in [-0.15, -0.1) is 0 Å². The number of aliphatic imine (C=N–C) groups is 1. The number of nitrogens with two attached hydrogens (primary N) is 1. The molecule has 0 bridgehead atoms. The number of benzodiazepines with no additional fused rings is 1. The molecule has 1 heterocycles. The average molecular weight is 309 g/mol. The van der Waals surface area contributed by atoms with Crippen LogP contribution in [0.4, 0.5) is 11.4 Å². The Labute approximate surface area is 135 Å². The molecule has 1 aliphatic heterocycles. The van der Waals surface area contributed by atoms with Crippen molar-refractivity contribution < 1.29 is 9.53 Å². The summed E-state index contributed by atoms with van der Waals surface area (Å²) in [5, 5.41) is 0. The monoisotopic (exact) mass is 309 g/mol. The van der Waals surface area contributed by atoms with Crippen LogP contribution in [0, 0.1) is 0 Å². The molecule has 2 N–H and O–H groups in total. The van der Waals surface area contributed by atoms with Crippen molar-refractivity contribution in [3.8, 4) is 5.75 Å². The predicted molar refractivity (Wildman–Crippen MR) is 92.6 cm³/mol. The highest BCUT2D eigenvalue weighted by Gasteiger charge is 2.21. The van der Waals surface area contributed by atoms with Crippen LogP contribution in [0.2, 0.25) is 0 Å². The van der Waals surface area contributed by atoms with Crippen molar-refractivity contribution >= 4 is 23.5 Å². The topological polar surface area (TPSA) is 67.9 Å². The second-order valence-electron chi connectivity index (χ2n) is 5.27. The van der Waals surface area contributed by atoms with Crippen LogP contribution in [0.5, 0.6) is 5.75 Å². The fourth-order valence-corrected chi connectivity index (χ4v) is 2.59. The third-order valence-electron chi connectivity index (χ3n) is 3.68. The minimum absolute atomic E-state index is 0.0513. The zero-order valence-electron chi connectivity index (χ0n) is 13.0. The molecule has 118 valence electrons. The van der Waals surface area contributed by atoms with E-state index in [0.29, 0.717) is 30.9 Å². The van der Waals surface area contributed by atoms with Crippen LogP contribution in [0.3, 0.4) is 0 Å². The number of fused-ring (bicyclic) bond motifs is 1. The number of nitrogens with zero attached hydrogens (tertiary/aromatic N) is 2. The highest BCUT2D eigenvalue weighted by atomic mass is 16.5. The van der Waals surface area contributed by atoms with Gasteiger partial charge in [-0.25, -0.2) is 0 Å². The molecule has 0 saturated carbocycles. The van der Waals surface area contributed by atoms with E-state index in [2.05, 4.69) is 4.99 Å². The summed E-state index contributed by atoms with van der Waals surface area (Å²) in [6, 6.07) is 12.7. The number of hydrogen-bond donors (Lipinski definition) is 1. The van der Waals surface area contributed by atoms with Crippen LogP contribution in [0.15, 0.2) is 47.5 Å².